The van der Waals surface area contributed by atoms with Crippen LogP contribution < -0.4 is 16.0 Å². The zero-order valence-corrected chi connectivity index (χ0v) is 29.4. The summed E-state index contributed by atoms with van der Waals surface area (Å²) in [6, 6.07) is 7.14. The van der Waals surface area contributed by atoms with Crippen molar-refractivity contribution in [2.45, 2.75) is 89.6 Å². The SMILES string of the molecule is CCOP(=O)(OCC)C(CCC1(NC(=O)[C@@H](N)Cc2ccc(N(CCCl)CCCl)cc2)CCCC1)P(=O)(OCC)OCC. The predicted octanol–water partition coefficient (Wildman–Crippen LogP) is 6.91. The summed E-state index contributed by atoms with van der Waals surface area (Å²) < 4.78 is 50.5. The highest BCUT2D eigenvalue weighted by Crippen LogP contribution is 2.72. The van der Waals surface area contributed by atoms with Gasteiger partial charge < -0.3 is 34.0 Å². The number of carbonyl (C=O) groups excluding carboxylic acids is 1. The Hall–Kier alpha value is -0.670. The minimum Gasteiger partial charge on any atom is -0.369 e. The van der Waals surface area contributed by atoms with Crippen LogP contribution in [0.5, 0.6) is 0 Å². The van der Waals surface area contributed by atoms with E-state index < -0.39 is 32.2 Å². The van der Waals surface area contributed by atoms with Gasteiger partial charge in [-0.2, -0.15) is 0 Å². The number of anilines is 1. The first kappa shape index (κ1) is 38.5. The van der Waals surface area contributed by atoms with E-state index in [0.717, 1.165) is 36.9 Å². The van der Waals surface area contributed by atoms with Crippen molar-refractivity contribution in [3.05, 3.63) is 29.8 Å². The molecule has 0 bridgehead atoms. The van der Waals surface area contributed by atoms with Crippen LogP contribution in [0.2, 0.25) is 0 Å². The Morgan fingerprint density at radius 2 is 1.37 bits per heavy atom. The fourth-order valence-corrected chi connectivity index (χ4v) is 11.4. The van der Waals surface area contributed by atoms with Gasteiger partial charge in [0, 0.05) is 36.1 Å². The molecule has 1 atom stereocenters. The van der Waals surface area contributed by atoms with E-state index >= 15 is 0 Å². The number of halogens is 2. The molecule has 1 fully saturated rings. The summed E-state index contributed by atoms with van der Waals surface area (Å²) in [6.07, 6.45) is 4.22. The smallest absolute Gasteiger partial charge is 0.345 e. The van der Waals surface area contributed by atoms with E-state index in [0.29, 0.717) is 37.7 Å². The number of benzene rings is 1. The number of nitrogens with one attached hydrogen (secondary N) is 1. The van der Waals surface area contributed by atoms with Crippen molar-refractivity contribution < 1.29 is 32.0 Å². The van der Waals surface area contributed by atoms with Gasteiger partial charge in [0.05, 0.1) is 32.5 Å². The van der Waals surface area contributed by atoms with Gasteiger partial charge in [-0.05, 0) is 77.5 Å². The van der Waals surface area contributed by atoms with Crippen molar-refractivity contribution in [1.29, 1.82) is 0 Å². The summed E-state index contributed by atoms with van der Waals surface area (Å²) in [7, 11) is -7.77. The van der Waals surface area contributed by atoms with Crippen molar-refractivity contribution in [2.75, 3.05) is 56.2 Å². The van der Waals surface area contributed by atoms with E-state index in [1.807, 2.05) is 24.3 Å². The molecule has 0 radical (unpaired) electrons. The molecule has 0 saturated heterocycles. The summed E-state index contributed by atoms with van der Waals surface area (Å²) in [6.45, 7) is 8.65. The maximum Gasteiger partial charge on any atom is 0.345 e. The maximum atomic E-state index is 14.0. The Morgan fingerprint density at radius 1 is 0.907 bits per heavy atom. The Bertz CT molecular complexity index is 1010. The van der Waals surface area contributed by atoms with Gasteiger partial charge in [-0.3, -0.25) is 13.9 Å². The monoisotopic (exact) mass is 685 g/mol. The lowest BCUT2D eigenvalue weighted by Crippen LogP contribution is -2.53. The summed E-state index contributed by atoms with van der Waals surface area (Å²) in [5.41, 5.74) is 7.76. The molecule has 3 N–H and O–H groups in total. The van der Waals surface area contributed by atoms with E-state index in [1.54, 1.807) is 27.7 Å². The lowest BCUT2D eigenvalue weighted by atomic mass is 9.91. The first-order valence-corrected chi connectivity index (χ1v) is 19.7. The molecule has 43 heavy (non-hydrogen) atoms. The summed E-state index contributed by atoms with van der Waals surface area (Å²) in [5.74, 6) is 0.732. The molecular formula is C29H51Cl2N3O7P2. The highest BCUT2D eigenvalue weighted by atomic mass is 35.5. The third-order valence-electron chi connectivity index (χ3n) is 7.60. The molecule has 0 spiro atoms. The standard InChI is InChI=1S/C29H51Cl2N3O7P2/c1-5-38-42(36,39-6-2)27(43(37,40-7-3)41-8-4)15-18-29(16-9-10-17-29)33-28(35)26(32)23-24-11-13-25(14-12-24)34(21-19-30)22-20-31/h11-14,26-27H,5-10,15-23,32H2,1-4H3,(H,33,35)/t26-/m0/s1. The molecular weight excluding hydrogens is 635 g/mol. The van der Waals surface area contributed by atoms with Crippen LogP contribution in [0.4, 0.5) is 5.69 Å². The molecule has 1 amide bonds. The minimum atomic E-state index is -3.89. The van der Waals surface area contributed by atoms with Crippen molar-refractivity contribution in [1.82, 2.24) is 5.32 Å². The second kappa shape index (κ2) is 19.1. The van der Waals surface area contributed by atoms with Crippen LogP contribution in [0, 0.1) is 0 Å². The zero-order valence-electron chi connectivity index (χ0n) is 26.1. The first-order valence-electron chi connectivity index (χ1n) is 15.4. The molecule has 248 valence electrons. The highest BCUT2D eigenvalue weighted by molar-refractivity contribution is 7.72. The van der Waals surface area contributed by atoms with E-state index in [9.17, 15) is 13.9 Å². The quantitative estimate of drug-likeness (QED) is 0.0988. The summed E-state index contributed by atoms with van der Waals surface area (Å²) in [4.78, 5) is 15.5. The van der Waals surface area contributed by atoms with Crippen LogP contribution in [0.25, 0.3) is 0 Å². The average molecular weight is 687 g/mol. The van der Waals surface area contributed by atoms with Gasteiger partial charge in [0.2, 0.25) is 5.91 Å². The van der Waals surface area contributed by atoms with Crippen molar-refractivity contribution in [3.63, 3.8) is 0 Å². The first-order chi connectivity index (χ1) is 20.6. The van der Waals surface area contributed by atoms with E-state index in [-0.39, 0.29) is 38.8 Å². The molecule has 1 aliphatic carbocycles. The van der Waals surface area contributed by atoms with Crippen LogP contribution in [0.1, 0.15) is 71.8 Å². The number of nitrogens with two attached hydrogens (primary N) is 1. The number of nitrogens with zero attached hydrogens (tertiary/aromatic N) is 1. The second-order valence-corrected chi connectivity index (χ2v) is 16.2. The van der Waals surface area contributed by atoms with E-state index in [4.69, 9.17) is 47.0 Å². The van der Waals surface area contributed by atoms with Gasteiger partial charge in [-0.15, -0.1) is 23.2 Å². The third-order valence-corrected chi connectivity index (χ3v) is 14.1. The lowest BCUT2D eigenvalue weighted by Gasteiger charge is -2.36. The number of carbonyl (C=O) groups is 1. The molecule has 0 aromatic heterocycles. The predicted molar refractivity (Wildman–Crippen MR) is 176 cm³/mol. The Balaban J connectivity index is 2.21. The fourth-order valence-electron chi connectivity index (χ4n) is 5.64. The molecule has 10 nitrogen and oxygen atoms in total. The zero-order chi connectivity index (χ0) is 31.9. The lowest BCUT2D eigenvalue weighted by molar-refractivity contribution is -0.124. The van der Waals surface area contributed by atoms with Gasteiger partial charge in [0.25, 0.3) is 0 Å². The molecule has 1 saturated carbocycles. The normalized spacial score (nSPS) is 16.0. The molecule has 0 heterocycles. The van der Waals surface area contributed by atoms with Gasteiger partial charge in [-0.1, -0.05) is 25.0 Å². The number of hydrogen-bond acceptors (Lipinski definition) is 9. The Morgan fingerprint density at radius 3 is 1.79 bits per heavy atom. The summed E-state index contributed by atoms with van der Waals surface area (Å²) >= 11 is 11.9. The number of rotatable bonds is 22. The van der Waals surface area contributed by atoms with Crippen LogP contribution in [0.15, 0.2) is 24.3 Å². The van der Waals surface area contributed by atoms with Gasteiger partial charge in [-0.25, -0.2) is 0 Å². The molecule has 0 unspecified atom stereocenters. The van der Waals surface area contributed by atoms with Crippen LogP contribution in [-0.4, -0.2) is 74.2 Å². The van der Waals surface area contributed by atoms with Crippen LogP contribution in [0.3, 0.4) is 0 Å². The van der Waals surface area contributed by atoms with Crippen LogP contribution in [-0.2, 0) is 38.4 Å². The van der Waals surface area contributed by atoms with Crippen molar-refractivity contribution in [2.24, 2.45) is 5.73 Å². The molecule has 2 rings (SSSR count). The van der Waals surface area contributed by atoms with Crippen LogP contribution >= 0.6 is 38.4 Å². The maximum absolute atomic E-state index is 14.0. The molecule has 1 aromatic carbocycles. The third kappa shape index (κ3) is 11.3. The van der Waals surface area contributed by atoms with Gasteiger partial charge in [0.1, 0.15) is 0 Å². The van der Waals surface area contributed by atoms with Crippen molar-refractivity contribution >= 4 is 50.0 Å². The number of alkyl halides is 2. The Kier molecular flexibility index (Phi) is 17.1. The molecule has 0 aliphatic heterocycles. The van der Waals surface area contributed by atoms with Gasteiger partial charge in [0.15, 0.2) is 5.40 Å². The second-order valence-electron chi connectivity index (χ2n) is 10.6. The molecule has 1 aromatic rings. The average Bonchev–Trinajstić information content (AvgIpc) is 3.42. The van der Waals surface area contributed by atoms with Gasteiger partial charge >= 0.3 is 15.2 Å². The van der Waals surface area contributed by atoms with E-state index in [1.165, 1.54) is 0 Å². The topological polar surface area (TPSA) is 129 Å². The Labute approximate surface area is 268 Å². The fraction of sp³-hybridized carbons (Fsp3) is 0.759. The number of amides is 1. The molecule has 1 aliphatic rings. The number of hydrogen-bond donors (Lipinski definition) is 2. The molecule has 14 heteroatoms. The van der Waals surface area contributed by atoms with Crippen molar-refractivity contribution in [3.8, 4) is 0 Å². The largest absolute Gasteiger partial charge is 0.369 e. The van der Waals surface area contributed by atoms with E-state index in [2.05, 4.69) is 10.2 Å². The minimum absolute atomic E-state index is 0.112. The summed E-state index contributed by atoms with van der Waals surface area (Å²) in [5, 5.41) is 2.09. The highest BCUT2D eigenvalue weighted by Gasteiger charge is 2.52.